The molecule has 0 aliphatic carbocycles. The lowest BCUT2D eigenvalue weighted by molar-refractivity contribution is 0.252. The van der Waals surface area contributed by atoms with Gasteiger partial charge in [0.2, 0.25) is 0 Å². The number of urea groups is 1. The fourth-order valence-corrected chi connectivity index (χ4v) is 1.61. The van der Waals surface area contributed by atoms with Crippen molar-refractivity contribution in [3.8, 4) is 0 Å². The molecular weight excluding hydrogens is 216 g/mol. The van der Waals surface area contributed by atoms with Crippen molar-refractivity contribution in [1.29, 1.82) is 0 Å². The van der Waals surface area contributed by atoms with Crippen molar-refractivity contribution < 1.29 is 4.79 Å². The van der Waals surface area contributed by atoms with Crippen LogP contribution in [0, 0.1) is 6.92 Å². The second-order valence-electron chi connectivity index (χ2n) is 3.95. The molecule has 0 saturated heterocycles. The summed E-state index contributed by atoms with van der Waals surface area (Å²) in [6.45, 7) is 4.63. The molecule has 2 rings (SSSR count). The number of aromatic nitrogens is 2. The van der Waals surface area contributed by atoms with Gasteiger partial charge in [0.1, 0.15) is 5.65 Å². The number of carbonyl (C=O) groups is 1. The standard InChI is InChI=1S/C12H16N4O/c1-3-6-13-12(17)15-10-4-5-11-14-9(2)7-16(11)8-10/h4-5,7-8H,3,6H2,1-2H3,(H2,13,15,17). The summed E-state index contributed by atoms with van der Waals surface area (Å²) in [5.74, 6) is 0. The van der Waals surface area contributed by atoms with E-state index in [4.69, 9.17) is 0 Å². The topological polar surface area (TPSA) is 58.4 Å². The van der Waals surface area contributed by atoms with Crippen LogP contribution >= 0.6 is 0 Å². The molecule has 0 fully saturated rings. The van der Waals surface area contributed by atoms with Gasteiger partial charge in [-0.05, 0) is 25.5 Å². The van der Waals surface area contributed by atoms with E-state index in [1.54, 1.807) is 0 Å². The Morgan fingerprint density at radius 2 is 2.24 bits per heavy atom. The van der Waals surface area contributed by atoms with Crippen molar-refractivity contribution in [2.45, 2.75) is 20.3 Å². The summed E-state index contributed by atoms with van der Waals surface area (Å²) < 4.78 is 1.89. The van der Waals surface area contributed by atoms with Gasteiger partial charge in [0, 0.05) is 18.9 Å². The first-order valence-electron chi connectivity index (χ1n) is 5.69. The number of imidazole rings is 1. The van der Waals surface area contributed by atoms with Crippen molar-refractivity contribution in [2.75, 3.05) is 11.9 Å². The highest BCUT2D eigenvalue weighted by molar-refractivity contribution is 5.89. The lowest BCUT2D eigenvalue weighted by Crippen LogP contribution is -2.29. The van der Waals surface area contributed by atoms with Crippen molar-refractivity contribution in [2.24, 2.45) is 0 Å². The molecule has 5 nitrogen and oxygen atoms in total. The van der Waals surface area contributed by atoms with E-state index in [2.05, 4.69) is 15.6 Å². The van der Waals surface area contributed by atoms with Gasteiger partial charge in [0.05, 0.1) is 11.4 Å². The molecule has 2 amide bonds. The Kier molecular flexibility index (Phi) is 3.27. The molecule has 2 heterocycles. The maximum Gasteiger partial charge on any atom is 0.319 e. The van der Waals surface area contributed by atoms with Gasteiger partial charge < -0.3 is 15.0 Å². The summed E-state index contributed by atoms with van der Waals surface area (Å²) in [7, 11) is 0. The van der Waals surface area contributed by atoms with Crippen LogP contribution in [0.15, 0.2) is 24.5 Å². The molecule has 0 atom stereocenters. The van der Waals surface area contributed by atoms with Gasteiger partial charge in [-0.3, -0.25) is 0 Å². The van der Waals surface area contributed by atoms with Crippen molar-refractivity contribution in [3.63, 3.8) is 0 Å². The number of pyridine rings is 1. The predicted molar refractivity (Wildman–Crippen MR) is 67.2 cm³/mol. The van der Waals surface area contributed by atoms with E-state index in [0.29, 0.717) is 6.54 Å². The zero-order chi connectivity index (χ0) is 12.3. The van der Waals surface area contributed by atoms with Crippen molar-refractivity contribution in [1.82, 2.24) is 14.7 Å². The van der Waals surface area contributed by atoms with E-state index in [9.17, 15) is 4.79 Å². The summed E-state index contributed by atoms with van der Waals surface area (Å²) >= 11 is 0. The largest absolute Gasteiger partial charge is 0.338 e. The van der Waals surface area contributed by atoms with Crippen molar-refractivity contribution >= 4 is 17.4 Å². The number of hydrogen-bond acceptors (Lipinski definition) is 2. The molecule has 90 valence electrons. The monoisotopic (exact) mass is 232 g/mol. The van der Waals surface area contributed by atoms with Gasteiger partial charge in [0.25, 0.3) is 0 Å². The number of anilines is 1. The predicted octanol–water partition coefficient (Wildman–Crippen LogP) is 2.17. The Morgan fingerprint density at radius 1 is 1.41 bits per heavy atom. The van der Waals surface area contributed by atoms with Gasteiger partial charge in [-0.15, -0.1) is 0 Å². The van der Waals surface area contributed by atoms with Crippen LogP contribution in [0.4, 0.5) is 10.5 Å². The minimum Gasteiger partial charge on any atom is -0.338 e. The van der Waals surface area contributed by atoms with E-state index >= 15 is 0 Å². The smallest absolute Gasteiger partial charge is 0.319 e. The molecule has 0 aromatic carbocycles. The highest BCUT2D eigenvalue weighted by Crippen LogP contribution is 2.11. The molecule has 2 aromatic rings. The first kappa shape index (κ1) is 11.4. The van der Waals surface area contributed by atoms with Gasteiger partial charge in [-0.1, -0.05) is 6.92 Å². The summed E-state index contributed by atoms with van der Waals surface area (Å²) in [4.78, 5) is 15.8. The van der Waals surface area contributed by atoms with Crippen molar-refractivity contribution in [3.05, 3.63) is 30.2 Å². The molecule has 0 spiro atoms. The molecule has 17 heavy (non-hydrogen) atoms. The fourth-order valence-electron chi connectivity index (χ4n) is 1.61. The maximum atomic E-state index is 11.5. The average molecular weight is 232 g/mol. The first-order valence-corrected chi connectivity index (χ1v) is 5.69. The Labute approximate surface area is 99.9 Å². The highest BCUT2D eigenvalue weighted by atomic mass is 16.2. The van der Waals surface area contributed by atoms with Gasteiger partial charge >= 0.3 is 6.03 Å². The van der Waals surface area contributed by atoms with Crippen LogP contribution in [0.3, 0.4) is 0 Å². The van der Waals surface area contributed by atoms with E-state index < -0.39 is 0 Å². The Bertz CT molecular complexity index is 532. The maximum absolute atomic E-state index is 11.5. The quantitative estimate of drug-likeness (QED) is 0.852. The molecule has 5 heteroatoms. The summed E-state index contributed by atoms with van der Waals surface area (Å²) in [6, 6.07) is 3.54. The molecule has 2 N–H and O–H groups in total. The van der Waals surface area contributed by atoms with E-state index in [1.807, 2.05) is 42.8 Å². The first-order chi connectivity index (χ1) is 8.19. The SMILES string of the molecule is CCCNC(=O)Nc1ccc2nc(C)cn2c1. The zero-order valence-corrected chi connectivity index (χ0v) is 10.0. The lowest BCUT2D eigenvalue weighted by Gasteiger charge is -2.06. The van der Waals surface area contributed by atoms with Gasteiger partial charge in [0.15, 0.2) is 0 Å². The van der Waals surface area contributed by atoms with E-state index in [1.165, 1.54) is 0 Å². The third-order valence-corrected chi connectivity index (χ3v) is 2.36. The zero-order valence-electron chi connectivity index (χ0n) is 10.0. The van der Waals surface area contributed by atoms with Crippen LogP contribution < -0.4 is 10.6 Å². The number of fused-ring (bicyclic) bond motifs is 1. The number of hydrogen-bond donors (Lipinski definition) is 2. The summed E-state index contributed by atoms with van der Waals surface area (Å²) in [6.07, 6.45) is 4.69. The molecule has 0 unspecified atom stereocenters. The van der Waals surface area contributed by atoms with Crippen LogP contribution in [0.1, 0.15) is 19.0 Å². The number of nitrogens with one attached hydrogen (secondary N) is 2. The second kappa shape index (κ2) is 4.86. The van der Waals surface area contributed by atoms with Gasteiger partial charge in [-0.25, -0.2) is 9.78 Å². The van der Waals surface area contributed by atoms with Crippen LogP contribution in [0.2, 0.25) is 0 Å². The number of carbonyl (C=O) groups excluding carboxylic acids is 1. The van der Waals surface area contributed by atoms with Crippen LogP contribution in [0.25, 0.3) is 5.65 Å². The molecule has 0 aliphatic heterocycles. The van der Waals surface area contributed by atoms with Crippen LogP contribution in [-0.2, 0) is 0 Å². The molecule has 0 radical (unpaired) electrons. The number of aryl methyl sites for hydroxylation is 1. The number of nitrogens with zero attached hydrogens (tertiary/aromatic N) is 2. The number of rotatable bonds is 3. The third kappa shape index (κ3) is 2.75. The summed E-state index contributed by atoms with van der Waals surface area (Å²) in [5, 5.41) is 5.54. The highest BCUT2D eigenvalue weighted by Gasteiger charge is 2.02. The van der Waals surface area contributed by atoms with Crippen LogP contribution in [-0.4, -0.2) is 22.0 Å². The molecule has 2 aromatic heterocycles. The molecular formula is C12H16N4O. The van der Waals surface area contributed by atoms with E-state index in [0.717, 1.165) is 23.4 Å². The van der Waals surface area contributed by atoms with Gasteiger partial charge in [-0.2, -0.15) is 0 Å². The summed E-state index contributed by atoms with van der Waals surface area (Å²) in [5.41, 5.74) is 2.59. The minimum atomic E-state index is -0.178. The Hall–Kier alpha value is -2.04. The molecule has 0 bridgehead atoms. The number of amides is 2. The minimum absolute atomic E-state index is 0.178. The van der Waals surface area contributed by atoms with E-state index in [-0.39, 0.29) is 6.03 Å². The average Bonchev–Trinajstić information content (AvgIpc) is 2.65. The van der Waals surface area contributed by atoms with Crippen LogP contribution in [0.5, 0.6) is 0 Å². The third-order valence-electron chi connectivity index (χ3n) is 2.36. The molecule has 0 saturated carbocycles. The lowest BCUT2D eigenvalue weighted by atomic mass is 10.4. The normalized spacial score (nSPS) is 10.5. The fraction of sp³-hybridized carbons (Fsp3) is 0.333. The molecule has 0 aliphatic rings. The second-order valence-corrected chi connectivity index (χ2v) is 3.95. The Balaban J connectivity index is 2.10. The Morgan fingerprint density at radius 3 is 3.00 bits per heavy atom.